The zero-order valence-corrected chi connectivity index (χ0v) is 38.7. The van der Waals surface area contributed by atoms with E-state index in [-0.39, 0.29) is 0 Å². The van der Waals surface area contributed by atoms with Crippen LogP contribution in [0.15, 0.2) is 0 Å². The summed E-state index contributed by atoms with van der Waals surface area (Å²) in [6.07, 6.45) is 46.7. The zero-order valence-electron chi connectivity index (χ0n) is 35.1. The van der Waals surface area contributed by atoms with Gasteiger partial charge in [-0.25, -0.2) is 0 Å². The lowest BCUT2D eigenvalue weighted by molar-refractivity contribution is 0.531. The van der Waals surface area contributed by atoms with Gasteiger partial charge in [0.05, 0.1) is 0 Å². The van der Waals surface area contributed by atoms with Crippen molar-refractivity contribution in [2.75, 3.05) is 23.0 Å². The molecule has 0 aromatic heterocycles. The van der Waals surface area contributed by atoms with Gasteiger partial charge in [-0.05, 0) is 74.1 Å². The molecule has 5 heteroatoms. The zero-order chi connectivity index (χ0) is 36.0. The van der Waals surface area contributed by atoms with Crippen molar-refractivity contribution in [3.63, 3.8) is 0 Å². The van der Waals surface area contributed by atoms with Crippen LogP contribution in [0.2, 0.25) is 38.3 Å². The fourth-order valence-corrected chi connectivity index (χ4v) is 20.1. The maximum absolute atomic E-state index is 6.95. The summed E-state index contributed by atoms with van der Waals surface area (Å²) < 4.78 is 6.95. The number of rotatable bonds is 42. The second-order valence-electron chi connectivity index (χ2n) is 17.0. The van der Waals surface area contributed by atoms with Gasteiger partial charge in [0, 0.05) is 0 Å². The summed E-state index contributed by atoms with van der Waals surface area (Å²) in [4.78, 5) is 0. The van der Waals surface area contributed by atoms with Gasteiger partial charge in [0.15, 0.2) is 16.6 Å². The molecule has 0 atom stereocenters. The lowest BCUT2D eigenvalue weighted by Crippen LogP contribution is -2.45. The normalized spacial score (nSPS) is 12.4. The first kappa shape index (κ1) is 50.1. The second-order valence-corrected chi connectivity index (χ2v) is 28.4. The maximum atomic E-state index is 6.95. The van der Waals surface area contributed by atoms with Crippen LogP contribution in [0.3, 0.4) is 0 Å². The molecule has 0 aliphatic rings. The Morgan fingerprint density at radius 1 is 0.306 bits per heavy atom. The first-order chi connectivity index (χ1) is 23.8. The minimum absolute atomic E-state index is 1.33. The Morgan fingerprint density at radius 3 is 0.755 bits per heavy atom. The summed E-state index contributed by atoms with van der Waals surface area (Å²) in [6, 6.07) is 2.72. The monoisotopic (exact) mass is 759 g/mol. The van der Waals surface area contributed by atoms with Gasteiger partial charge >= 0.3 is 0 Å². The third-order valence-corrected chi connectivity index (χ3v) is 20.3. The largest absolute Gasteiger partial charge is 0.455 e. The lowest BCUT2D eigenvalue weighted by Gasteiger charge is -2.34. The van der Waals surface area contributed by atoms with E-state index in [4.69, 9.17) is 4.12 Å². The quantitative estimate of drug-likeness (QED) is 0.0453. The summed E-state index contributed by atoms with van der Waals surface area (Å²) in [6.45, 7) is 14.4. The molecule has 1 nitrogen and oxygen atoms in total. The third-order valence-electron chi connectivity index (χ3n) is 10.4. The topological polar surface area (TPSA) is 9.23 Å². The van der Waals surface area contributed by atoms with Crippen molar-refractivity contribution >= 4 is 40.2 Å². The van der Waals surface area contributed by atoms with Gasteiger partial charge < -0.3 is 4.12 Å². The highest BCUT2D eigenvalue weighted by Crippen LogP contribution is 2.27. The van der Waals surface area contributed by atoms with Gasteiger partial charge in [0.25, 0.3) is 0 Å². The van der Waals surface area contributed by atoms with Gasteiger partial charge in [-0.3, -0.25) is 0 Å². The number of hydrogen-bond donors (Lipinski definition) is 0. The number of thioether (sulfide) groups is 2. The SMILES string of the molecule is CCCCCCCCCCCCCCCCCCSCC[Si](C)(CCSCCCCCCCCCCCCCCCCCC)O[Si](C)(C)C. The average molecular weight is 760 g/mol. The third kappa shape index (κ3) is 41.7. The Morgan fingerprint density at radius 2 is 0.531 bits per heavy atom. The van der Waals surface area contributed by atoms with Crippen molar-refractivity contribution in [1.82, 2.24) is 0 Å². The van der Waals surface area contributed by atoms with Crippen LogP contribution in [0.25, 0.3) is 0 Å². The van der Waals surface area contributed by atoms with Crippen LogP contribution >= 0.6 is 23.5 Å². The van der Waals surface area contributed by atoms with E-state index in [0.29, 0.717) is 0 Å². The Bertz CT molecular complexity index is 585. The lowest BCUT2D eigenvalue weighted by atomic mass is 10.0. The predicted octanol–water partition coefficient (Wildman–Crippen LogP) is 17.4. The molecule has 0 fully saturated rings. The standard InChI is InChI=1S/C44H94OS2Si2/c1-7-9-11-13-15-17-19-21-23-25-27-29-31-33-35-37-39-46-41-43-49(6,45-48(3,4)5)44-42-47-40-38-36-34-32-30-28-26-24-22-20-18-16-14-12-10-8-2/h7-44H2,1-6H3. The van der Waals surface area contributed by atoms with Gasteiger partial charge in [-0.1, -0.05) is 206 Å². The summed E-state index contributed by atoms with van der Waals surface area (Å²) >= 11 is 4.45. The van der Waals surface area contributed by atoms with Crippen LogP contribution in [-0.4, -0.2) is 39.6 Å². The Hall–Kier alpha value is 1.09. The molecule has 0 rings (SSSR count). The first-order valence-electron chi connectivity index (χ1n) is 22.7. The van der Waals surface area contributed by atoms with Gasteiger partial charge in [0.2, 0.25) is 0 Å². The number of unbranched alkanes of at least 4 members (excludes halogenated alkanes) is 30. The molecule has 0 aromatic rings. The molecule has 0 saturated carbocycles. The van der Waals surface area contributed by atoms with Crippen molar-refractivity contribution in [1.29, 1.82) is 0 Å². The highest BCUT2D eigenvalue weighted by Gasteiger charge is 2.33. The van der Waals surface area contributed by atoms with Gasteiger partial charge in [-0.2, -0.15) is 23.5 Å². The molecule has 0 saturated heterocycles. The molecule has 0 unspecified atom stereocenters. The molecule has 0 heterocycles. The fraction of sp³-hybridized carbons (Fsp3) is 1.00. The minimum Gasteiger partial charge on any atom is -0.455 e. The Labute approximate surface area is 323 Å². The minimum atomic E-state index is -1.59. The molecule has 0 radical (unpaired) electrons. The van der Waals surface area contributed by atoms with Crippen molar-refractivity contribution in [2.45, 2.75) is 258 Å². The molecule has 0 aliphatic carbocycles. The first-order valence-corrected chi connectivity index (χ1v) is 31.2. The van der Waals surface area contributed by atoms with E-state index in [1.54, 1.807) is 0 Å². The van der Waals surface area contributed by atoms with Gasteiger partial charge in [-0.15, -0.1) is 0 Å². The van der Waals surface area contributed by atoms with E-state index in [1.807, 2.05) is 0 Å². The summed E-state index contributed by atoms with van der Waals surface area (Å²) in [5.41, 5.74) is 0. The van der Waals surface area contributed by atoms with Crippen molar-refractivity contribution in [3.05, 3.63) is 0 Å². The van der Waals surface area contributed by atoms with E-state index < -0.39 is 16.6 Å². The summed E-state index contributed by atoms with van der Waals surface area (Å²) in [7, 11) is -3.07. The van der Waals surface area contributed by atoms with E-state index in [1.165, 1.54) is 241 Å². The summed E-state index contributed by atoms with van der Waals surface area (Å²) in [5, 5.41) is 0. The molecule has 49 heavy (non-hydrogen) atoms. The fourth-order valence-electron chi connectivity index (χ4n) is 7.25. The van der Waals surface area contributed by atoms with Crippen LogP contribution in [0.4, 0.5) is 0 Å². The maximum Gasteiger partial charge on any atom is 0.178 e. The van der Waals surface area contributed by atoms with Crippen molar-refractivity contribution in [3.8, 4) is 0 Å². The molecular formula is C44H94OS2Si2. The van der Waals surface area contributed by atoms with E-state index in [9.17, 15) is 0 Å². The molecule has 0 N–H and O–H groups in total. The molecule has 0 bridgehead atoms. The van der Waals surface area contributed by atoms with Gasteiger partial charge in [0.1, 0.15) is 0 Å². The van der Waals surface area contributed by atoms with Crippen molar-refractivity contribution in [2.24, 2.45) is 0 Å². The van der Waals surface area contributed by atoms with E-state index in [0.717, 1.165) is 0 Å². The predicted molar refractivity (Wildman–Crippen MR) is 239 cm³/mol. The average Bonchev–Trinajstić information content (AvgIpc) is 3.06. The Kier molecular flexibility index (Phi) is 39.7. The molecule has 0 aliphatic heterocycles. The van der Waals surface area contributed by atoms with Crippen LogP contribution < -0.4 is 0 Å². The van der Waals surface area contributed by atoms with Crippen LogP contribution in [0, 0.1) is 0 Å². The Balaban J connectivity index is 3.65. The van der Waals surface area contributed by atoms with Crippen LogP contribution in [0.5, 0.6) is 0 Å². The molecule has 0 amide bonds. The van der Waals surface area contributed by atoms with Crippen LogP contribution in [0.1, 0.15) is 219 Å². The molecule has 0 spiro atoms. The number of hydrogen-bond acceptors (Lipinski definition) is 3. The van der Waals surface area contributed by atoms with Crippen LogP contribution in [-0.2, 0) is 4.12 Å². The molecule has 0 aromatic carbocycles. The van der Waals surface area contributed by atoms with Crippen molar-refractivity contribution < 1.29 is 4.12 Å². The molecular weight excluding hydrogens is 665 g/mol. The van der Waals surface area contributed by atoms with E-state index in [2.05, 4.69) is 63.6 Å². The second kappa shape index (κ2) is 38.8. The van der Waals surface area contributed by atoms with E-state index >= 15 is 0 Å². The smallest absolute Gasteiger partial charge is 0.178 e. The highest BCUT2D eigenvalue weighted by molar-refractivity contribution is 7.99. The highest BCUT2D eigenvalue weighted by atomic mass is 32.2. The molecule has 296 valence electrons. The summed E-state index contributed by atoms with van der Waals surface area (Å²) in [5.74, 6) is 5.39.